The summed E-state index contributed by atoms with van der Waals surface area (Å²) in [6, 6.07) is 20.3. The maximum absolute atomic E-state index is 13.2. The molecule has 4 aromatic carbocycles. The highest BCUT2D eigenvalue weighted by Gasteiger charge is 2.37. The molecule has 1 unspecified atom stereocenters. The van der Waals surface area contributed by atoms with Gasteiger partial charge >= 0.3 is 16.1 Å². The fourth-order valence-electron chi connectivity index (χ4n) is 6.02. The van der Waals surface area contributed by atoms with E-state index in [2.05, 4.69) is 6.58 Å². The number of pyridine rings is 1. The lowest BCUT2D eigenvalue weighted by molar-refractivity contribution is -0.652. The van der Waals surface area contributed by atoms with E-state index in [9.17, 15) is 32.8 Å². The summed E-state index contributed by atoms with van der Waals surface area (Å²) in [4.78, 5) is 23.9. The lowest BCUT2D eigenvalue weighted by atomic mass is 9.91. The van der Waals surface area contributed by atoms with Crippen molar-refractivity contribution >= 4 is 49.9 Å². The van der Waals surface area contributed by atoms with E-state index in [1.54, 1.807) is 61.7 Å². The van der Waals surface area contributed by atoms with Crippen molar-refractivity contribution in [2.45, 2.75) is 38.5 Å². The average molecular weight is 640 g/mol. The molecule has 0 radical (unpaired) electrons. The van der Waals surface area contributed by atoms with Gasteiger partial charge in [0, 0.05) is 24.1 Å². The zero-order valence-corrected chi connectivity index (χ0v) is 26.4. The second-order valence-electron chi connectivity index (χ2n) is 11.3. The highest BCUT2D eigenvalue weighted by Crippen LogP contribution is 2.36. The topological polar surface area (TPSA) is 145 Å². The molecule has 0 saturated heterocycles. The summed E-state index contributed by atoms with van der Waals surface area (Å²) in [6.45, 7) is 7.57. The average Bonchev–Trinajstić information content (AvgIpc) is 3.01. The molecule has 236 valence electrons. The van der Waals surface area contributed by atoms with Crippen LogP contribution in [0.2, 0.25) is 0 Å². The maximum Gasteiger partial charge on any atom is 0.335 e. The van der Waals surface area contributed by atoms with Crippen molar-refractivity contribution in [1.29, 1.82) is 0 Å². The minimum absolute atomic E-state index is 0.0206. The molecular formula is C36H33NO8S. The molecule has 0 spiro atoms. The van der Waals surface area contributed by atoms with Crippen molar-refractivity contribution in [3.8, 4) is 16.9 Å². The van der Waals surface area contributed by atoms with Crippen LogP contribution in [-0.2, 0) is 16.5 Å². The standard InChI is InChI=1S/C36H33NO8S/c1-5-24-14-15-26(45-4)19-29(24)28-20-32-30(18-22(28)3)34(36(40)41)27-16-9-21(2)17-31(27)37(32)33(46(42,43)44)8-6-7-23-10-12-25(13-11-23)35(38)39/h5,9-20,33H,1,6-8H2,2-4H3,(H2-,38,39,40,41,42,43,44). The van der Waals surface area contributed by atoms with E-state index in [0.717, 1.165) is 27.8 Å². The number of rotatable bonds is 11. The number of methoxy groups -OCH3 is 1. The Morgan fingerprint density at radius 3 is 2.26 bits per heavy atom. The Hall–Kier alpha value is -5.06. The van der Waals surface area contributed by atoms with E-state index in [-0.39, 0.29) is 33.8 Å². The second-order valence-corrected chi connectivity index (χ2v) is 12.8. The summed E-state index contributed by atoms with van der Waals surface area (Å²) >= 11 is 0. The van der Waals surface area contributed by atoms with Crippen LogP contribution in [-0.4, -0.2) is 37.1 Å². The number of nitrogens with zero attached hydrogens (tertiary/aromatic N) is 1. The van der Waals surface area contributed by atoms with Gasteiger partial charge in [-0.1, -0.05) is 36.9 Å². The molecule has 2 N–H and O–H groups in total. The zero-order chi connectivity index (χ0) is 33.3. The van der Waals surface area contributed by atoms with Crippen molar-refractivity contribution in [3.63, 3.8) is 0 Å². The first-order valence-corrected chi connectivity index (χ1v) is 16.1. The molecule has 5 aromatic rings. The number of ether oxygens (including phenoxy) is 1. The van der Waals surface area contributed by atoms with Gasteiger partial charge in [0.25, 0.3) is 5.37 Å². The summed E-state index contributed by atoms with van der Waals surface area (Å²) in [7, 11) is -3.20. The third-order valence-corrected chi connectivity index (χ3v) is 9.41. The second kappa shape index (κ2) is 12.7. The third kappa shape index (κ3) is 6.22. The summed E-state index contributed by atoms with van der Waals surface area (Å²) in [5, 5.41) is 20.9. The zero-order valence-electron chi connectivity index (χ0n) is 25.6. The third-order valence-electron chi connectivity index (χ3n) is 8.28. The Morgan fingerprint density at radius 1 is 0.957 bits per heavy atom. The van der Waals surface area contributed by atoms with Gasteiger partial charge in [0.15, 0.2) is 0 Å². The molecule has 46 heavy (non-hydrogen) atoms. The molecule has 1 atom stereocenters. The summed E-state index contributed by atoms with van der Waals surface area (Å²) in [5.74, 6) is -1.88. The number of aromatic carboxylic acids is 2. The molecule has 0 fully saturated rings. The maximum atomic E-state index is 13.2. The van der Waals surface area contributed by atoms with Gasteiger partial charge in [0.05, 0.1) is 29.4 Å². The number of benzene rings is 4. The van der Waals surface area contributed by atoms with Gasteiger partial charge in [-0.2, -0.15) is 13.0 Å². The monoisotopic (exact) mass is 639 g/mol. The van der Waals surface area contributed by atoms with Crippen LogP contribution < -0.4 is 14.4 Å². The van der Waals surface area contributed by atoms with Gasteiger partial charge in [0.1, 0.15) is 5.75 Å². The van der Waals surface area contributed by atoms with Crippen LogP contribution in [0.4, 0.5) is 0 Å². The van der Waals surface area contributed by atoms with Gasteiger partial charge in [-0.25, -0.2) is 4.79 Å². The van der Waals surface area contributed by atoms with Crippen molar-refractivity contribution in [3.05, 3.63) is 113 Å². The van der Waals surface area contributed by atoms with Crippen LogP contribution in [0.1, 0.15) is 61.2 Å². The Kier molecular flexibility index (Phi) is 8.96. The number of hydrogen-bond donors (Lipinski definition) is 2. The van der Waals surface area contributed by atoms with Crippen molar-refractivity contribution in [1.82, 2.24) is 0 Å². The smallest absolute Gasteiger partial charge is 0.335 e. The Labute approximate surface area is 266 Å². The van der Waals surface area contributed by atoms with E-state index in [1.165, 1.54) is 16.7 Å². The molecule has 5 rings (SSSR count). The number of aromatic nitrogens is 1. The van der Waals surface area contributed by atoms with Gasteiger partial charge < -0.3 is 19.7 Å². The number of carbonyl (C=O) groups is 2. The lowest BCUT2D eigenvalue weighted by Crippen LogP contribution is -2.46. The minimum atomic E-state index is -4.74. The number of carboxylic acids is 2. The molecule has 10 heteroatoms. The molecule has 0 aliphatic rings. The molecule has 0 amide bonds. The fourth-order valence-corrected chi connectivity index (χ4v) is 6.98. The van der Waals surface area contributed by atoms with E-state index < -0.39 is 27.4 Å². The molecule has 1 aromatic heterocycles. The lowest BCUT2D eigenvalue weighted by Gasteiger charge is -2.19. The van der Waals surface area contributed by atoms with Gasteiger partial charge in [-0.05, 0) is 96.5 Å². The van der Waals surface area contributed by atoms with Gasteiger partial charge in [-0.15, -0.1) is 0 Å². The number of carboxylic acid groups (broad SMARTS) is 2. The predicted octanol–water partition coefficient (Wildman–Crippen LogP) is 5.69. The van der Waals surface area contributed by atoms with Crippen LogP contribution in [0.3, 0.4) is 0 Å². The molecule has 0 bridgehead atoms. The highest BCUT2D eigenvalue weighted by molar-refractivity contribution is 7.85. The largest absolute Gasteiger partial charge is 0.545 e. The predicted molar refractivity (Wildman–Crippen MR) is 174 cm³/mol. The molecular weight excluding hydrogens is 606 g/mol. The molecule has 0 aliphatic carbocycles. The van der Waals surface area contributed by atoms with Crippen LogP contribution in [0.5, 0.6) is 5.75 Å². The van der Waals surface area contributed by atoms with E-state index in [0.29, 0.717) is 29.7 Å². The summed E-state index contributed by atoms with van der Waals surface area (Å²) in [5.41, 5.74) is 5.14. The minimum Gasteiger partial charge on any atom is -0.545 e. The van der Waals surface area contributed by atoms with Crippen molar-refractivity contribution < 1.29 is 42.1 Å². The Morgan fingerprint density at radius 2 is 1.65 bits per heavy atom. The molecule has 0 aliphatic heterocycles. The van der Waals surface area contributed by atoms with Crippen molar-refractivity contribution in [2.24, 2.45) is 0 Å². The number of fused-ring (bicyclic) bond motifs is 2. The Balaban J connectivity index is 1.78. The number of carbonyl (C=O) groups excluding carboxylic acids is 1. The quantitative estimate of drug-likeness (QED) is 0.107. The molecule has 0 saturated carbocycles. The fraction of sp³-hybridized carbons (Fsp3) is 0.194. The highest BCUT2D eigenvalue weighted by atomic mass is 32.2. The van der Waals surface area contributed by atoms with Gasteiger partial charge in [0.2, 0.25) is 11.0 Å². The first kappa shape index (κ1) is 32.3. The van der Waals surface area contributed by atoms with Crippen LogP contribution in [0.15, 0.2) is 79.4 Å². The molecule has 9 nitrogen and oxygen atoms in total. The first-order chi connectivity index (χ1) is 21.8. The summed E-state index contributed by atoms with van der Waals surface area (Å²) in [6.07, 6.45) is 2.39. The summed E-state index contributed by atoms with van der Waals surface area (Å²) < 4.78 is 44.1. The van der Waals surface area contributed by atoms with Crippen LogP contribution in [0, 0.1) is 13.8 Å². The van der Waals surface area contributed by atoms with Gasteiger partial charge in [-0.3, -0.25) is 4.55 Å². The van der Waals surface area contributed by atoms with E-state index in [1.807, 2.05) is 26.0 Å². The van der Waals surface area contributed by atoms with Crippen molar-refractivity contribution in [2.75, 3.05) is 7.11 Å². The van der Waals surface area contributed by atoms with E-state index >= 15 is 0 Å². The normalized spacial score (nSPS) is 12.3. The van der Waals surface area contributed by atoms with Crippen LogP contribution in [0.25, 0.3) is 39.0 Å². The number of hydrogen-bond acceptors (Lipinski definition) is 6. The first-order valence-electron chi connectivity index (χ1n) is 14.6. The Bertz CT molecular complexity index is 2140. The van der Waals surface area contributed by atoms with E-state index in [4.69, 9.17) is 4.74 Å². The number of aryl methyl sites for hydroxylation is 3. The van der Waals surface area contributed by atoms with Crippen LogP contribution >= 0.6 is 0 Å². The molecule has 1 heterocycles. The SMILES string of the molecule is C=Cc1ccc(OC)cc1-c1cc2c(cc1C)c(C(=O)[O-])c1ccc(C)cc1[n+]2C(CCCc1ccc(C(=O)O)cc1)S(=O)(=O)O.